The number of halogens is 5. The van der Waals surface area contributed by atoms with Gasteiger partial charge in [0, 0.05) is 24.9 Å². The Morgan fingerprint density at radius 1 is 1.21 bits per heavy atom. The average Bonchev–Trinajstić information content (AvgIpc) is 3.17. The van der Waals surface area contributed by atoms with Crippen LogP contribution in [0.25, 0.3) is 0 Å². The van der Waals surface area contributed by atoms with Crippen LogP contribution in [0.4, 0.5) is 23.4 Å². The maximum Gasteiger partial charge on any atom is 0.435 e. The molecular weight excluding hydrogens is 458 g/mol. The van der Waals surface area contributed by atoms with Gasteiger partial charge < -0.3 is 5.32 Å². The molecule has 0 radical (unpaired) electrons. The Morgan fingerprint density at radius 2 is 1.90 bits per heavy atom. The first-order valence-electron chi connectivity index (χ1n) is 8.51. The van der Waals surface area contributed by atoms with Crippen LogP contribution in [-0.4, -0.2) is 25.5 Å². The molecule has 1 amide bonds. The van der Waals surface area contributed by atoms with Gasteiger partial charge in [-0.1, -0.05) is 12.1 Å². The summed E-state index contributed by atoms with van der Waals surface area (Å²) >= 11 is 3.30. The summed E-state index contributed by atoms with van der Waals surface area (Å²) in [5, 5.41) is 10.4. The highest BCUT2D eigenvalue weighted by Crippen LogP contribution is 2.28. The Kier molecular flexibility index (Phi) is 6.06. The molecule has 0 spiro atoms. The van der Waals surface area contributed by atoms with Crippen molar-refractivity contribution in [2.24, 2.45) is 0 Å². The number of nitrogens with one attached hydrogen (secondary N) is 1. The molecule has 11 heteroatoms. The van der Waals surface area contributed by atoms with Crippen molar-refractivity contribution in [1.29, 1.82) is 0 Å². The van der Waals surface area contributed by atoms with Crippen molar-refractivity contribution in [1.82, 2.24) is 19.6 Å². The van der Waals surface area contributed by atoms with Gasteiger partial charge in [-0.3, -0.25) is 14.2 Å². The first-order chi connectivity index (χ1) is 13.6. The molecule has 1 N–H and O–H groups in total. The number of alkyl halides is 3. The van der Waals surface area contributed by atoms with Gasteiger partial charge in [-0.15, -0.1) is 0 Å². The number of hydrogen-bond acceptors (Lipinski definition) is 3. The van der Waals surface area contributed by atoms with Crippen LogP contribution >= 0.6 is 15.9 Å². The largest absolute Gasteiger partial charge is 0.435 e. The number of benzene rings is 1. The third-order valence-electron chi connectivity index (χ3n) is 4.05. The molecular formula is C18H16BrF4N5O. The van der Waals surface area contributed by atoms with Gasteiger partial charge in [-0.05, 0) is 46.6 Å². The minimum absolute atomic E-state index is 0.00164. The highest BCUT2D eigenvalue weighted by Gasteiger charge is 2.34. The highest BCUT2D eigenvalue weighted by atomic mass is 79.9. The molecule has 29 heavy (non-hydrogen) atoms. The number of amides is 1. The second kappa shape index (κ2) is 8.36. The normalized spacial score (nSPS) is 11.7. The van der Waals surface area contributed by atoms with E-state index in [0.717, 1.165) is 16.3 Å². The molecule has 3 rings (SSSR count). The minimum atomic E-state index is -4.53. The van der Waals surface area contributed by atoms with Gasteiger partial charge in [0.05, 0.1) is 11.0 Å². The molecule has 0 aliphatic carbocycles. The fourth-order valence-corrected chi connectivity index (χ4v) is 3.03. The number of aromatic nitrogens is 4. The van der Waals surface area contributed by atoms with Crippen LogP contribution in [0.2, 0.25) is 0 Å². The van der Waals surface area contributed by atoms with E-state index in [1.165, 1.54) is 19.1 Å². The fourth-order valence-electron chi connectivity index (χ4n) is 2.62. The molecule has 0 unspecified atom stereocenters. The molecule has 0 bridgehead atoms. The van der Waals surface area contributed by atoms with E-state index < -0.39 is 17.8 Å². The predicted molar refractivity (Wildman–Crippen MR) is 101 cm³/mol. The molecule has 0 saturated carbocycles. The topological polar surface area (TPSA) is 64.7 Å². The van der Waals surface area contributed by atoms with Crippen molar-refractivity contribution in [2.75, 3.05) is 5.32 Å². The van der Waals surface area contributed by atoms with E-state index in [-0.39, 0.29) is 24.6 Å². The summed E-state index contributed by atoms with van der Waals surface area (Å²) in [4.78, 5) is 12.2. The van der Waals surface area contributed by atoms with E-state index >= 15 is 0 Å². The SMILES string of the molecule is Cc1cc(C(F)(F)F)nn1CCC(=O)Nc1nn(Cc2ccc(F)cc2)cc1Br. The van der Waals surface area contributed by atoms with E-state index in [9.17, 15) is 22.4 Å². The molecule has 0 aliphatic heterocycles. The molecule has 2 aromatic heterocycles. The second-order valence-corrected chi connectivity index (χ2v) is 7.19. The van der Waals surface area contributed by atoms with Crippen LogP contribution in [0.5, 0.6) is 0 Å². The fraction of sp³-hybridized carbons (Fsp3) is 0.278. The van der Waals surface area contributed by atoms with Gasteiger partial charge in [-0.2, -0.15) is 23.4 Å². The zero-order valence-corrected chi connectivity index (χ0v) is 16.8. The van der Waals surface area contributed by atoms with Crippen molar-refractivity contribution >= 4 is 27.7 Å². The van der Waals surface area contributed by atoms with Crippen LogP contribution in [0.3, 0.4) is 0 Å². The van der Waals surface area contributed by atoms with Crippen LogP contribution in [0, 0.1) is 12.7 Å². The zero-order valence-electron chi connectivity index (χ0n) is 15.2. The summed E-state index contributed by atoms with van der Waals surface area (Å²) < 4.78 is 54.3. The van der Waals surface area contributed by atoms with Gasteiger partial charge in [0.2, 0.25) is 5.91 Å². The van der Waals surface area contributed by atoms with Crippen molar-refractivity contribution in [3.05, 3.63) is 63.8 Å². The van der Waals surface area contributed by atoms with E-state index in [1.54, 1.807) is 23.0 Å². The molecule has 0 fully saturated rings. The van der Waals surface area contributed by atoms with Crippen LogP contribution in [0.1, 0.15) is 23.4 Å². The van der Waals surface area contributed by atoms with Crippen molar-refractivity contribution in [3.8, 4) is 0 Å². The van der Waals surface area contributed by atoms with Crippen LogP contribution < -0.4 is 5.32 Å². The first kappa shape index (κ1) is 21.0. The molecule has 6 nitrogen and oxygen atoms in total. The molecule has 0 atom stereocenters. The summed E-state index contributed by atoms with van der Waals surface area (Å²) in [6.07, 6.45) is -2.94. The lowest BCUT2D eigenvalue weighted by Gasteiger charge is -2.06. The standard InChI is InChI=1S/C18H16BrF4N5O/c1-11-8-15(18(21,22)23)25-28(11)7-6-16(29)24-17-14(19)10-27(26-17)9-12-2-4-13(20)5-3-12/h2-5,8,10H,6-7,9H2,1H3,(H,24,26,29). The number of carbonyl (C=O) groups excluding carboxylic acids is 1. The lowest BCUT2D eigenvalue weighted by Crippen LogP contribution is -2.17. The van der Waals surface area contributed by atoms with Gasteiger partial charge in [0.25, 0.3) is 0 Å². The van der Waals surface area contributed by atoms with Crippen LogP contribution in [0.15, 0.2) is 41.0 Å². The molecule has 3 aromatic rings. The lowest BCUT2D eigenvalue weighted by atomic mass is 10.2. The average molecular weight is 474 g/mol. The second-order valence-electron chi connectivity index (χ2n) is 6.34. The number of hydrogen-bond donors (Lipinski definition) is 1. The predicted octanol–water partition coefficient (Wildman–Crippen LogP) is 4.39. The highest BCUT2D eigenvalue weighted by molar-refractivity contribution is 9.10. The third-order valence-corrected chi connectivity index (χ3v) is 4.64. The van der Waals surface area contributed by atoms with Gasteiger partial charge >= 0.3 is 6.18 Å². The Hall–Kier alpha value is -2.69. The number of carbonyl (C=O) groups is 1. The Balaban J connectivity index is 1.59. The smallest absolute Gasteiger partial charge is 0.308 e. The number of nitrogens with zero attached hydrogens (tertiary/aromatic N) is 4. The summed E-state index contributed by atoms with van der Waals surface area (Å²) in [5.41, 5.74) is 0.154. The van der Waals surface area contributed by atoms with Gasteiger partial charge in [-0.25, -0.2) is 4.39 Å². The van der Waals surface area contributed by atoms with E-state index in [0.29, 0.717) is 16.7 Å². The zero-order chi connectivity index (χ0) is 21.2. The summed E-state index contributed by atoms with van der Waals surface area (Å²) in [6.45, 7) is 1.87. The van der Waals surface area contributed by atoms with E-state index in [4.69, 9.17) is 0 Å². The van der Waals surface area contributed by atoms with E-state index in [1.807, 2.05) is 0 Å². The number of anilines is 1. The molecule has 0 saturated heterocycles. The number of aryl methyl sites for hydroxylation is 2. The van der Waals surface area contributed by atoms with Crippen molar-refractivity contribution in [2.45, 2.75) is 32.6 Å². The Morgan fingerprint density at radius 3 is 2.52 bits per heavy atom. The van der Waals surface area contributed by atoms with Gasteiger partial charge in [0.15, 0.2) is 11.5 Å². The van der Waals surface area contributed by atoms with Crippen molar-refractivity contribution < 1.29 is 22.4 Å². The molecule has 154 valence electrons. The van der Waals surface area contributed by atoms with Crippen molar-refractivity contribution in [3.63, 3.8) is 0 Å². The summed E-state index contributed by atoms with van der Waals surface area (Å²) in [5.74, 6) is -0.468. The maximum atomic E-state index is 13.0. The monoisotopic (exact) mass is 473 g/mol. The lowest BCUT2D eigenvalue weighted by molar-refractivity contribution is -0.141. The number of rotatable bonds is 6. The van der Waals surface area contributed by atoms with Crippen LogP contribution in [-0.2, 0) is 24.1 Å². The minimum Gasteiger partial charge on any atom is -0.308 e. The molecule has 1 aromatic carbocycles. The maximum absolute atomic E-state index is 13.0. The van der Waals surface area contributed by atoms with Gasteiger partial charge in [0.1, 0.15) is 5.82 Å². The molecule has 0 aliphatic rings. The Labute approximate surface area is 171 Å². The van der Waals surface area contributed by atoms with E-state index in [2.05, 4.69) is 31.4 Å². The Bertz CT molecular complexity index is 1010. The summed E-state index contributed by atoms with van der Waals surface area (Å²) in [6, 6.07) is 6.89. The summed E-state index contributed by atoms with van der Waals surface area (Å²) in [7, 11) is 0. The first-order valence-corrected chi connectivity index (χ1v) is 9.30. The quantitative estimate of drug-likeness (QED) is 0.540. The third kappa shape index (κ3) is 5.43. The molecule has 2 heterocycles.